The Balaban J connectivity index is 2.60. The zero-order valence-corrected chi connectivity index (χ0v) is 9.27. The Labute approximate surface area is 94.8 Å². The van der Waals surface area contributed by atoms with E-state index in [1.54, 1.807) is 0 Å². The summed E-state index contributed by atoms with van der Waals surface area (Å²) in [6.07, 6.45) is 7.09. The Bertz CT molecular complexity index is 322. The number of carboxylic acids is 1. The summed E-state index contributed by atoms with van der Waals surface area (Å²) in [4.78, 5) is 24.0. The minimum absolute atomic E-state index is 0.331. The van der Waals surface area contributed by atoms with Crippen LogP contribution in [0, 0.1) is 12.3 Å². The van der Waals surface area contributed by atoms with Crippen molar-refractivity contribution in [2.24, 2.45) is 0 Å². The highest BCUT2D eigenvalue weighted by Crippen LogP contribution is 2.17. The molecule has 1 rings (SSSR count). The summed E-state index contributed by atoms with van der Waals surface area (Å²) >= 11 is 0. The van der Waals surface area contributed by atoms with E-state index in [1.165, 1.54) is 4.90 Å². The topological polar surface area (TPSA) is 69.6 Å². The van der Waals surface area contributed by atoms with Crippen molar-refractivity contribution in [1.82, 2.24) is 10.2 Å². The van der Waals surface area contributed by atoms with Crippen LogP contribution in [0.3, 0.4) is 0 Å². The Morgan fingerprint density at radius 1 is 1.69 bits per heavy atom. The SMILES string of the molecule is C#CC(CC)NC(=O)N1CCCC1C(=O)O. The normalized spacial score (nSPS) is 21.2. The van der Waals surface area contributed by atoms with Crippen molar-refractivity contribution in [3.8, 4) is 12.3 Å². The molecule has 2 unspecified atom stereocenters. The number of terminal acetylenes is 1. The molecular weight excluding hydrogens is 208 g/mol. The van der Waals surface area contributed by atoms with Gasteiger partial charge in [0.15, 0.2) is 0 Å². The molecule has 0 bridgehead atoms. The number of rotatable bonds is 3. The summed E-state index contributed by atoms with van der Waals surface area (Å²) in [5, 5.41) is 11.5. The van der Waals surface area contributed by atoms with Gasteiger partial charge in [-0.15, -0.1) is 6.42 Å². The standard InChI is InChI=1S/C11H16N2O3/c1-3-8(4-2)12-11(16)13-7-5-6-9(13)10(14)15/h1,8-9H,4-7H2,2H3,(H,12,16)(H,14,15). The Morgan fingerprint density at radius 2 is 2.38 bits per heavy atom. The highest BCUT2D eigenvalue weighted by Gasteiger charge is 2.34. The van der Waals surface area contributed by atoms with Gasteiger partial charge in [0.25, 0.3) is 0 Å². The first kappa shape index (κ1) is 12.4. The molecule has 0 aromatic heterocycles. The van der Waals surface area contributed by atoms with Crippen LogP contribution in [0.1, 0.15) is 26.2 Å². The molecule has 2 N–H and O–H groups in total. The average Bonchev–Trinajstić information content (AvgIpc) is 2.74. The zero-order valence-electron chi connectivity index (χ0n) is 9.27. The van der Waals surface area contributed by atoms with E-state index in [0.29, 0.717) is 19.4 Å². The maximum atomic E-state index is 11.7. The molecule has 2 amide bonds. The molecule has 1 saturated heterocycles. The van der Waals surface area contributed by atoms with Crippen molar-refractivity contribution < 1.29 is 14.7 Å². The van der Waals surface area contributed by atoms with Crippen LogP contribution in [0.2, 0.25) is 0 Å². The third-order valence-electron chi connectivity index (χ3n) is 2.71. The summed E-state index contributed by atoms with van der Waals surface area (Å²) in [5.41, 5.74) is 0. The van der Waals surface area contributed by atoms with Crippen molar-refractivity contribution in [3.05, 3.63) is 0 Å². The van der Waals surface area contributed by atoms with Crippen molar-refractivity contribution in [2.45, 2.75) is 38.3 Å². The number of hydrogen-bond acceptors (Lipinski definition) is 2. The smallest absolute Gasteiger partial charge is 0.326 e. The van der Waals surface area contributed by atoms with Gasteiger partial charge in [0, 0.05) is 6.54 Å². The fourth-order valence-electron chi connectivity index (χ4n) is 1.76. The van der Waals surface area contributed by atoms with Gasteiger partial charge in [-0.05, 0) is 19.3 Å². The lowest BCUT2D eigenvalue weighted by Crippen LogP contribution is -2.48. The molecule has 0 spiro atoms. The number of carboxylic acid groups (broad SMARTS) is 1. The van der Waals surface area contributed by atoms with E-state index in [9.17, 15) is 9.59 Å². The minimum atomic E-state index is -0.957. The summed E-state index contributed by atoms with van der Waals surface area (Å²) < 4.78 is 0. The van der Waals surface area contributed by atoms with E-state index in [0.717, 1.165) is 6.42 Å². The number of nitrogens with one attached hydrogen (secondary N) is 1. The summed E-state index contributed by atoms with van der Waals surface area (Å²) in [7, 11) is 0. The van der Waals surface area contributed by atoms with Crippen LogP contribution in [-0.2, 0) is 4.79 Å². The minimum Gasteiger partial charge on any atom is -0.480 e. The molecule has 2 atom stereocenters. The zero-order chi connectivity index (χ0) is 12.1. The van der Waals surface area contributed by atoms with Gasteiger partial charge in [-0.1, -0.05) is 12.8 Å². The number of urea groups is 1. The fourth-order valence-corrected chi connectivity index (χ4v) is 1.76. The number of hydrogen-bond donors (Lipinski definition) is 2. The van der Waals surface area contributed by atoms with Gasteiger partial charge in [0.05, 0.1) is 6.04 Å². The van der Waals surface area contributed by atoms with E-state index in [2.05, 4.69) is 11.2 Å². The predicted octanol–water partition coefficient (Wildman–Crippen LogP) is 0.657. The Morgan fingerprint density at radius 3 is 2.88 bits per heavy atom. The molecule has 1 fully saturated rings. The van der Waals surface area contributed by atoms with E-state index >= 15 is 0 Å². The number of likely N-dealkylation sites (tertiary alicyclic amines) is 1. The summed E-state index contributed by atoms with van der Waals surface area (Å²) in [5.74, 6) is 1.49. The maximum Gasteiger partial charge on any atom is 0.326 e. The molecule has 1 heterocycles. The number of aliphatic carboxylic acids is 1. The van der Waals surface area contributed by atoms with Crippen LogP contribution in [0.4, 0.5) is 4.79 Å². The highest BCUT2D eigenvalue weighted by molar-refractivity contribution is 5.83. The second-order valence-electron chi connectivity index (χ2n) is 3.77. The number of carbonyl (C=O) groups is 2. The first-order valence-electron chi connectivity index (χ1n) is 5.36. The quantitative estimate of drug-likeness (QED) is 0.692. The average molecular weight is 224 g/mol. The van der Waals surface area contributed by atoms with E-state index < -0.39 is 12.0 Å². The molecule has 0 saturated carbocycles. The van der Waals surface area contributed by atoms with Crippen molar-refractivity contribution in [3.63, 3.8) is 0 Å². The lowest BCUT2D eigenvalue weighted by molar-refractivity contribution is -0.141. The molecule has 88 valence electrons. The van der Waals surface area contributed by atoms with Crippen molar-refractivity contribution in [2.75, 3.05) is 6.54 Å². The van der Waals surface area contributed by atoms with Gasteiger partial charge in [-0.25, -0.2) is 9.59 Å². The van der Waals surface area contributed by atoms with E-state index in [1.807, 2.05) is 6.92 Å². The highest BCUT2D eigenvalue weighted by atomic mass is 16.4. The van der Waals surface area contributed by atoms with Gasteiger partial charge in [-0.3, -0.25) is 0 Å². The second-order valence-corrected chi connectivity index (χ2v) is 3.77. The molecule has 16 heavy (non-hydrogen) atoms. The molecule has 0 aliphatic carbocycles. The van der Waals surface area contributed by atoms with Gasteiger partial charge < -0.3 is 15.3 Å². The third-order valence-corrected chi connectivity index (χ3v) is 2.71. The lowest BCUT2D eigenvalue weighted by atomic mass is 10.2. The van der Waals surface area contributed by atoms with Crippen molar-refractivity contribution in [1.29, 1.82) is 0 Å². The molecule has 5 heteroatoms. The van der Waals surface area contributed by atoms with Crippen LogP contribution >= 0.6 is 0 Å². The van der Waals surface area contributed by atoms with Gasteiger partial charge >= 0.3 is 12.0 Å². The first-order valence-corrected chi connectivity index (χ1v) is 5.36. The van der Waals surface area contributed by atoms with Gasteiger partial charge in [0.2, 0.25) is 0 Å². The number of nitrogens with zero attached hydrogens (tertiary/aromatic N) is 1. The van der Waals surface area contributed by atoms with Crippen LogP contribution in [-0.4, -0.2) is 40.6 Å². The summed E-state index contributed by atoms with van der Waals surface area (Å²) in [6.45, 7) is 2.34. The first-order chi connectivity index (χ1) is 7.60. The monoisotopic (exact) mass is 224 g/mol. The van der Waals surface area contributed by atoms with E-state index in [4.69, 9.17) is 11.5 Å². The molecular formula is C11H16N2O3. The molecule has 5 nitrogen and oxygen atoms in total. The third kappa shape index (κ3) is 2.66. The molecule has 1 aliphatic heterocycles. The molecule has 1 aliphatic rings. The molecule has 0 aromatic rings. The van der Waals surface area contributed by atoms with Crippen molar-refractivity contribution >= 4 is 12.0 Å². The Kier molecular flexibility index (Phi) is 4.18. The van der Waals surface area contributed by atoms with Gasteiger partial charge in [0.1, 0.15) is 6.04 Å². The lowest BCUT2D eigenvalue weighted by Gasteiger charge is -2.23. The predicted molar refractivity (Wildman–Crippen MR) is 58.8 cm³/mol. The molecule has 0 aromatic carbocycles. The number of amides is 2. The fraction of sp³-hybridized carbons (Fsp3) is 0.636. The van der Waals surface area contributed by atoms with E-state index in [-0.39, 0.29) is 12.1 Å². The van der Waals surface area contributed by atoms with Crippen LogP contribution in [0.15, 0.2) is 0 Å². The Hall–Kier alpha value is -1.70. The van der Waals surface area contributed by atoms with Crippen LogP contribution < -0.4 is 5.32 Å². The maximum absolute atomic E-state index is 11.7. The van der Waals surface area contributed by atoms with Gasteiger partial charge in [-0.2, -0.15) is 0 Å². The molecule has 0 radical (unpaired) electrons. The number of carbonyl (C=O) groups excluding carboxylic acids is 1. The second kappa shape index (κ2) is 5.40. The largest absolute Gasteiger partial charge is 0.480 e. The van der Waals surface area contributed by atoms with Crippen LogP contribution in [0.5, 0.6) is 0 Å². The van der Waals surface area contributed by atoms with Crippen LogP contribution in [0.25, 0.3) is 0 Å². The summed E-state index contributed by atoms with van der Waals surface area (Å²) in [6, 6.07) is -1.42.